The molecular weight excluding hydrogens is 430 g/mol. The summed E-state index contributed by atoms with van der Waals surface area (Å²) in [6, 6.07) is 0.0903. The second-order valence-electron chi connectivity index (χ2n) is 12.0. The van der Waals surface area contributed by atoms with Crippen molar-refractivity contribution in [2.45, 2.75) is 128 Å². The van der Waals surface area contributed by atoms with Gasteiger partial charge in [0.1, 0.15) is 6.61 Å². The van der Waals surface area contributed by atoms with Crippen LogP contribution >= 0.6 is 0 Å². The number of hydrogen-bond acceptors (Lipinski definition) is 5. The number of amides is 1. The molecule has 6 heteroatoms. The third-order valence-electron chi connectivity index (χ3n) is 6.15. The van der Waals surface area contributed by atoms with Gasteiger partial charge >= 0.3 is 11.9 Å². The van der Waals surface area contributed by atoms with Gasteiger partial charge in [0.05, 0.1) is 5.92 Å². The molecule has 0 aliphatic carbocycles. The Kier molecular flexibility index (Phi) is 15.0. The second kappa shape index (κ2) is 14.7. The van der Waals surface area contributed by atoms with Crippen LogP contribution in [-0.2, 0) is 23.9 Å². The van der Waals surface area contributed by atoms with Crippen molar-refractivity contribution in [3.05, 3.63) is 0 Å². The number of hydrogen-bond donors (Lipinski definition) is 1. The average molecular weight is 488 g/mol. The Morgan fingerprint density at radius 2 is 1.59 bits per heavy atom. The fourth-order valence-corrected chi connectivity index (χ4v) is 3.54. The molecule has 34 heavy (non-hydrogen) atoms. The van der Waals surface area contributed by atoms with E-state index in [4.69, 9.17) is 9.47 Å². The van der Waals surface area contributed by atoms with Crippen molar-refractivity contribution in [3.63, 3.8) is 0 Å². The van der Waals surface area contributed by atoms with Gasteiger partial charge in [-0.05, 0) is 37.5 Å². The third kappa shape index (κ3) is 11.2. The van der Waals surface area contributed by atoms with E-state index >= 15 is 0 Å². The maximum absolute atomic E-state index is 13.0. The minimum Gasteiger partial charge on any atom is -0.462 e. The Hall–Kier alpha value is -1.59. The zero-order valence-electron chi connectivity index (χ0n) is 24.7. The highest BCUT2D eigenvalue weighted by atomic mass is 16.6. The second-order valence-corrected chi connectivity index (χ2v) is 12.0. The lowest BCUT2D eigenvalue weighted by Crippen LogP contribution is -2.42. The van der Waals surface area contributed by atoms with Gasteiger partial charge in [0, 0.05) is 18.8 Å². The molecule has 1 saturated heterocycles. The van der Waals surface area contributed by atoms with Gasteiger partial charge in [-0.3, -0.25) is 9.59 Å². The first-order valence-corrected chi connectivity index (χ1v) is 13.1. The van der Waals surface area contributed by atoms with E-state index < -0.39 is 17.5 Å². The Labute approximate surface area is 211 Å². The van der Waals surface area contributed by atoms with E-state index in [1.54, 1.807) is 0 Å². The first-order valence-electron chi connectivity index (χ1n) is 13.1. The minimum atomic E-state index is -0.872. The first-order chi connectivity index (χ1) is 15.4. The number of carbonyl (C=O) groups excluding carboxylic acids is 3. The maximum Gasteiger partial charge on any atom is 0.348 e. The molecule has 1 aliphatic heterocycles. The normalized spacial score (nSPS) is 19.0. The van der Waals surface area contributed by atoms with Crippen molar-refractivity contribution in [2.24, 2.45) is 28.1 Å². The molecule has 1 aliphatic rings. The van der Waals surface area contributed by atoms with Gasteiger partial charge in [0.15, 0.2) is 0 Å². The van der Waals surface area contributed by atoms with Crippen molar-refractivity contribution in [3.8, 4) is 0 Å². The number of esters is 2. The van der Waals surface area contributed by atoms with Crippen molar-refractivity contribution in [2.75, 3.05) is 6.61 Å². The maximum atomic E-state index is 13.0. The Morgan fingerprint density at radius 3 is 1.94 bits per heavy atom. The van der Waals surface area contributed by atoms with Crippen LogP contribution in [0.15, 0.2) is 0 Å². The lowest BCUT2D eigenvalue weighted by molar-refractivity contribution is -0.169. The molecule has 1 N–H and O–H groups in total. The fourth-order valence-electron chi connectivity index (χ4n) is 3.54. The molecule has 3 atom stereocenters. The Bertz CT molecular complexity index is 638. The summed E-state index contributed by atoms with van der Waals surface area (Å²) in [6.45, 7) is 28.1. The lowest BCUT2D eigenvalue weighted by atomic mass is 9.70. The van der Waals surface area contributed by atoms with Crippen molar-refractivity contribution in [1.29, 1.82) is 0 Å². The summed E-state index contributed by atoms with van der Waals surface area (Å²) in [4.78, 5) is 37.5. The highest BCUT2D eigenvalue weighted by Gasteiger charge is 2.48. The molecule has 1 fully saturated rings. The average Bonchev–Trinajstić information content (AvgIpc) is 2.94. The SMILES string of the molecule is CC.CC(C)NC(=O)C(C)C(C)(C)CCC(C(=O)O[C@H]1C(=O)OCC1(C)C)C(C)(C)C.CCC.[HH]. The van der Waals surface area contributed by atoms with Crippen LogP contribution < -0.4 is 5.32 Å². The zero-order chi connectivity index (χ0) is 27.5. The number of ether oxygens (including phenoxy) is 2. The monoisotopic (exact) mass is 487 g/mol. The van der Waals surface area contributed by atoms with Gasteiger partial charge < -0.3 is 14.8 Å². The molecular formula is C28H57NO5. The lowest BCUT2D eigenvalue weighted by Gasteiger charge is -2.36. The smallest absolute Gasteiger partial charge is 0.348 e. The highest BCUT2D eigenvalue weighted by Crippen LogP contribution is 2.40. The number of nitrogens with one attached hydrogen (secondary N) is 1. The molecule has 1 heterocycles. The van der Waals surface area contributed by atoms with E-state index in [2.05, 4.69) is 33.0 Å². The summed E-state index contributed by atoms with van der Waals surface area (Å²) in [7, 11) is 0. The largest absolute Gasteiger partial charge is 0.462 e. The van der Waals surface area contributed by atoms with Crippen LogP contribution in [0.1, 0.15) is 118 Å². The van der Waals surface area contributed by atoms with Crippen LogP contribution in [0.4, 0.5) is 0 Å². The molecule has 2 unspecified atom stereocenters. The first kappa shape index (κ1) is 34.6. The highest BCUT2D eigenvalue weighted by molar-refractivity contribution is 5.83. The molecule has 204 valence electrons. The third-order valence-corrected chi connectivity index (χ3v) is 6.15. The predicted molar refractivity (Wildman–Crippen MR) is 142 cm³/mol. The van der Waals surface area contributed by atoms with E-state index in [1.807, 2.05) is 69.2 Å². The van der Waals surface area contributed by atoms with Gasteiger partial charge in [0.25, 0.3) is 0 Å². The van der Waals surface area contributed by atoms with Crippen LogP contribution in [0.25, 0.3) is 0 Å². The molecule has 1 amide bonds. The van der Waals surface area contributed by atoms with Crippen molar-refractivity contribution >= 4 is 17.8 Å². The van der Waals surface area contributed by atoms with Gasteiger partial charge in [0.2, 0.25) is 12.0 Å². The van der Waals surface area contributed by atoms with Gasteiger partial charge in [-0.25, -0.2) is 4.79 Å². The van der Waals surface area contributed by atoms with Crippen LogP contribution in [0.5, 0.6) is 0 Å². The summed E-state index contributed by atoms with van der Waals surface area (Å²) in [6.07, 6.45) is 1.65. The van der Waals surface area contributed by atoms with Crippen LogP contribution in [0, 0.1) is 28.1 Å². The van der Waals surface area contributed by atoms with E-state index in [0.29, 0.717) is 12.8 Å². The molecule has 0 saturated carbocycles. The molecule has 0 radical (unpaired) electrons. The number of rotatable bonds is 8. The quantitative estimate of drug-likeness (QED) is 0.381. The molecule has 0 bridgehead atoms. The molecule has 0 aromatic heterocycles. The number of cyclic esters (lactones) is 1. The predicted octanol–water partition coefficient (Wildman–Crippen LogP) is 6.80. The number of carbonyl (C=O) groups is 3. The molecule has 0 aromatic carbocycles. The Balaban J connectivity index is -0.00000158. The molecule has 0 aromatic rings. The van der Waals surface area contributed by atoms with Gasteiger partial charge in [-0.1, -0.05) is 89.5 Å². The summed E-state index contributed by atoms with van der Waals surface area (Å²) in [5.41, 5.74) is -1.14. The summed E-state index contributed by atoms with van der Waals surface area (Å²) in [5.74, 6) is -1.40. The van der Waals surface area contributed by atoms with E-state index in [9.17, 15) is 14.4 Å². The van der Waals surface area contributed by atoms with Crippen molar-refractivity contribution in [1.82, 2.24) is 5.32 Å². The fraction of sp³-hybridized carbons (Fsp3) is 0.893. The Morgan fingerprint density at radius 1 is 1.12 bits per heavy atom. The molecule has 0 spiro atoms. The van der Waals surface area contributed by atoms with Crippen LogP contribution in [0.2, 0.25) is 0 Å². The summed E-state index contributed by atoms with van der Waals surface area (Å²) < 4.78 is 10.8. The van der Waals surface area contributed by atoms with Crippen LogP contribution in [0.3, 0.4) is 0 Å². The summed E-state index contributed by atoms with van der Waals surface area (Å²) in [5, 5.41) is 2.97. The van der Waals surface area contributed by atoms with Crippen molar-refractivity contribution < 1.29 is 25.3 Å². The van der Waals surface area contributed by atoms with Gasteiger partial charge in [-0.15, -0.1) is 0 Å². The van der Waals surface area contributed by atoms with E-state index in [-0.39, 0.29) is 48.6 Å². The van der Waals surface area contributed by atoms with E-state index in [1.165, 1.54) is 6.42 Å². The zero-order valence-corrected chi connectivity index (χ0v) is 24.7. The standard InChI is InChI=1S/C23H41NO5.C3H8.C2H6.H2/c1-14(2)24-18(25)15(3)22(7,8)12-11-16(21(4,5)6)19(26)29-17-20(27)28-13-23(17,9)10;1-3-2;1-2;/h14-17H,11-13H2,1-10H3,(H,24,25);3H2,1-2H3;1-2H3;1H/t15?,16?,17-;;;/m0.../s1. The molecule has 1 rings (SSSR count). The molecule has 6 nitrogen and oxygen atoms in total. The van der Waals surface area contributed by atoms with E-state index in [0.717, 1.165) is 0 Å². The topological polar surface area (TPSA) is 81.7 Å². The van der Waals surface area contributed by atoms with Gasteiger partial charge in [-0.2, -0.15) is 0 Å². The summed E-state index contributed by atoms with van der Waals surface area (Å²) >= 11 is 0. The van der Waals surface area contributed by atoms with Crippen LogP contribution in [-0.4, -0.2) is 36.6 Å². The minimum absolute atomic E-state index is 0.